The van der Waals surface area contributed by atoms with Gasteiger partial charge in [-0.2, -0.15) is 0 Å². The van der Waals surface area contributed by atoms with Gasteiger partial charge in [-0.3, -0.25) is 0 Å². The molecule has 86 valence electrons. The second kappa shape index (κ2) is 4.72. The Morgan fingerprint density at radius 1 is 1.24 bits per heavy atom. The van der Waals surface area contributed by atoms with E-state index in [1.807, 2.05) is 36.4 Å². The van der Waals surface area contributed by atoms with Crippen LogP contribution in [0.2, 0.25) is 0 Å². The standard InChI is InChI=1S/C14H11BrO2/c1-9(14(16)17)8-11-7-6-10-4-2-3-5-12(10)13(11)15/h2-8H,1H3,(H,16,17)/b9-8+. The van der Waals surface area contributed by atoms with Gasteiger partial charge in [0.25, 0.3) is 0 Å². The minimum absolute atomic E-state index is 0.320. The van der Waals surface area contributed by atoms with Crippen molar-refractivity contribution in [1.29, 1.82) is 0 Å². The fraction of sp³-hybridized carbons (Fsp3) is 0.0714. The molecule has 0 radical (unpaired) electrons. The highest BCUT2D eigenvalue weighted by Crippen LogP contribution is 2.29. The van der Waals surface area contributed by atoms with Gasteiger partial charge in [-0.25, -0.2) is 4.79 Å². The largest absolute Gasteiger partial charge is 0.478 e. The molecule has 0 amide bonds. The van der Waals surface area contributed by atoms with Crippen LogP contribution in [0.25, 0.3) is 16.8 Å². The monoisotopic (exact) mass is 290 g/mol. The number of aliphatic carboxylic acids is 1. The zero-order valence-electron chi connectivity index (χ0n) is 9.27. The third-order valence-corrected chi connectivity index (χ3v) is 3.49. The first-order valence-corrected chi connectivity index (χ1v) is 5.98. The van der Waals surface area contributed by atoms with Gasteiger partial charge in [0, 0.05) is 10.0 Å². The number of fused-ring (bicyclic) bond motifs is 1. The summed E-state index contributed by atoms with van der Waals surface area (Å²) in [6.07, 6.45) is 1.67. The molecule has 0 aromatic heterocycles. The van der Waals surface area contributed by atoms with Crippen LogP contribution in [0.1, 0.15) is 12.5 Å². The quantitative estimate of drug-likeness (QED) is 0.846. The minimum atomic E-state index is -0.898. The van der Waals surface area contributed by atoms with Crippen LogP contribution in [-0.2, 0) is 4.79 Å². The van der Waals surface area contributed by atoms with E-state index in [4.69, 9.17) is 5.11 Å². The second-order valence-electron chi connectivity index (χ2n) is 3.82. The first-order valence-electron chi connectivity index (χ1n) is 5.18. The van der Waals surface area contributed by atoms with Crippen LogP contribution >= 0.6 is 15.9 Å². The van der Waals surface area contributed by atoms with Gasteiger partial charge >= 0.3 is 5.97 Å². The molecule has 3 heteroatoms. The lowest BCUT2D eigenvalue weighted by Crippen LogP contribution is -1.95. The molecule has 0 saturated heterocycles. The molecule has 0 aliphatic heterocycles. The Morgan fingerprint density at radius 3 is 2.65 bits per heavy atom. The Balaban J connectivity index is 2.61. The summed E-state index contributed by atoms with van der Waals surface area (Å²) in [7, 11) is 0. The van der Waals surface area contributed by atoms with E-state index in [-0.39, 0.29) is 0 Å². The molecule has 2 nitrogen and oxygen atoms in total. The molecule has 2 rings (SSSR count). The zero-order valence-corrected chi connectivity index (χ0v) is 10.9. The van der Waals surface area contributed by atoms with Crippen molar-refractivity contribution in [3.63, 3.8) is 0 Å². The molecule has 2 aromatic carbocycles. The summed E-state index contributed by atoms with van der Waals surface area (Å²) in [5, 5.41) is 11.1. The van der Waals surface area contributed by atoms with Crippen LogP contribution in [0.4, 0.5) is 0 Å². The lowest BCUT2D eigenvalue weighted by molar-refractivity contribution is -0.132. The molecule has 0 spiro atoms. The van der Waals surface area contributed by atoms with Crippen molar-refractivity contribution in [3.05, 3.63) is 52.0 Å². The molecule has 17 heavy (non-hydrogen) atoms. The van der Waals surface area contributed by atoms with Gasteiger partial charge in [-0.15, -0.1) is 0 Å². The van der Waals surface area contributed by atoms with Gasteiger partial charge in [0.05, 0.1) is 0 Å². The molecule has 2 aromatic rings. The van der Waals surface area contributed by atoms with Crippen LogP contribution in [0.3, 0.4) is 0 Å². The van der Waals surface area contributed by atoms with Crippen molar-refractivity contribution in [1.82, 2.24) is 0 Å². The highest BCUT2D eigenvalue weighted by Gasteiger charge is 2.05. The molecule has 0 unspecified atom stereocenters. The van der Waals surface area contributed by atoms with Gasteiger partial charge in [0.1, 0.15) is 0 Å². The SMILES string of the molecule is C/C(=C\c1ccc2ccccc2c1Br)C(=O)O. The van der Waals surface area contributed by atoms with Crippen LogP contribution in [-0.4, -0.2) is 11.1 Å². The first kappa shape index (κ1) is 11.9. The van der Waals surface area contributed by atoms with Crippen molar-refractivity contribution in [2.45, 2.75) is 6.92 Å². The molecule has 0 aliphatic rings. The Hall–Kier alpha value is -1.61. The maximum absolute atomic E-state index is 10.8. The molecule has 0 saturated carbocycles. The Labute approximate surface area is 108 Å². The van der Waals surface area contributed by atoms with E-state index >= 15 is 0 Å². The normalized spacial score (nSPS) is 11.8. The van der Waals surface area contributed by atoms with Gasteiger partial charge in [-0.1, -0.05) is 36.4 Å². The van der Waals surface area contributed by atoms with Crippen molar-refractivity contribution >= 4 is 38.7 Å². The van der Waals surface area contributed by atoms with E-state index in [9.17, 15) is 4.79 Å². The Kier molecular flexibility index (Phi) is 3.29. The molecular weight excluding hydrogens is 280 g/mol. The van der Waals surface area contributed by atoms with Crippen LogP contribution in [0, 0.1) is 0 Å². The molecule has 0 heterocycles. The fourth-order valence-electron chi connectivity index (χ4n) is 1.66. The number of benzene rings is 2. The third kappa shape index (κ3) is 2.39. The molecule has 0 atom stereocenters. The summed E-state index contributed by atoms with van der Waals surface area (Å²) in [5.41, 5.74) is 1.20. The fourth-order valence-corrected chi connectivity index (χ4v) is 2.26. The summed E-state index contributed by atoms with van der Waals surface area (Å²) in [4.78, 5) is 10.8. The number of carboxylic acids is 1. The number of halogens is 1. The number of carbonyl (C=O) groups is 1. The average molecular weight is 291 g/mol. The molecule has 0 aliphatic carbocycles. The van der Waals surface area contributed by atoms with E-state index in [1.165, 1.54) is 0 Å². The van der Waals surface area contributed by atoms with E-state index in [2.05, 4.69) is 15.9 Å². The predicted octanol–water partition coefficient (Wildman–Crippen LogP) is 4.09. The van der Waals surface area contributed by atoms with Gasteiger partial charge in [0.2, 0.25) is 0 Å². The molecular formula is C14H11BrO2. The number of hydrogen-bond acceptors (Lipinski definition) is 1. The van der Waals surface area contributed by atoms with Crippen molar-refractivity contribution in [2.24, 2.45) is 0 Å². The number of rotatable bonds is 2. The van der Waals surface area contributed by atoms with Gasteiger partial charge in [0.15, 0.2) is 0 Å². The second-order valence-corrected chi connectivity index (χ2v) is 4.62. The van der Waals surface area contributed by atoms with Crippen LogP contribution < -0.4 is 0 Å². The molecule has 0 fully saturated rings. The average Bonchev–Trinajstić information content (AvgIpc) is 2.33. The summed E-state index contributed by atoms with van der Waals surface area (Å²) in [5.74, 6) is -0.898. The van der Waals surface area contributed by atoms with E-state index in [0.29, 0.717) is 5.57 Å². The smallest absolute Gasteiger partial charge is 0.331 e. The van der Waals surface area contributed by atoms with Crippen LogP contribution in [0.15, 0.2) is 46.4 Å². The highest BCUT2D eigenvalue weighted by molar-refractivity contribution is 9.10. The number of hydrogen-bond donors (Lipinski definition) is 1. The highest BCUT2D eigenvalue weighted by atomic mass is 79.9. The van der Waals surface area contributed by atoms with Crippen LogP contribution in [0.5, 0.6) is 0 Å². The first-order chi connectivity index (χ1) is 8.09. The maximum Gasteiger partial charge on any atom is 0.331 e. The third-order valence-electron chi connectivity index (χ3n) is 2.60. The predicted molar refractivity (Wildman–Crippen MR) is 72.9 cm³/mol. The lowest BCUT2D eigenvalue weighted by atomic mass is 10.1. The van der Waals surface area contributed by atoms with Crippen molar-refractivity contribution < 1.29 is 9.90 Å². The van der Waals surface area contributed by atoms with E-state index < -0.39 is 5.97 Å². The number of carboxylic acid groups (broad SMARTS) is 1. The lowest BCUT2D eigenvalue weighted by Gasteiger charge is -2.05. The summed E-state index contributed by atoms with van der Waals surface area (Å²) < 4.78 is 0.927. The van der Waals surface area contributed by atoms with E-state index in [1.54, 1.807) is 13.0 Å². The zero-order chi connectivity index (χ0) is 12.4. The van der Waals surface area contributed by atoms with Gasteiger partial charge in [-0.05, 0) is 45.3 Å². The Bertz CT molecular complexity index is 615. The Morgan fingerprint density at radius 2 is 1.94 bits per heavy atom. The van der Waals surface area contributed by atoms with Crippen molar-refractivity contribution in [2.75, 3.05) is 0 Å². The molecule has 1 N–H and O–H groups in total. The maximum atomic E-state index is 10.8. The summed E-state index contributed by atoms with van der Waals surface area (Å²) in [6, 6.07) is 11.9. The van der Waals surface area contributed by atoms with E-state index in [0.717, 1.165) is 20.8 Å². The van der Waals surface area contributed by atoms with Crippen molar-refractivity contribution in [3.8, 4) is 0 Å². The summed E-state index contributed by atoms with van der Waals surface area (Å²) >= 11 is 3.52. The molecule has 0 bridgehead atoms. The summed E-state index contributed by atoms with van der Waals surface area (Å²) in [6.45, 7) is 1.59. The minimum Gasteiger partial charge on any atom is -0.478 e. The topological polar surface area (TPSA) is 37.3 Å². The van der Waals surface area contributed by atoms with Gasteiger partial charge < -0.3 is 5.11 Å².